The van der Waals surface area contributed by atoms with Crippen molar-refractivity contribution in [2.45, 2.75) is 18.4 Å². The number of carbonyl (C=O) groups is 3. The summed E-state index contributed by atoms with van der Waals surface area (Å²) in [5, 5.41) is 19.0. The molecular weight excluding hydrogens is 238 g/mol. The van der Waals surface area contributed by atoms with Gasteiger partial charge in [-0.05, 0) is 6.08 Å². The van der Waals surface area contributed by atoms with Crippen molar-refractivity contribution < 1.29 is 29.1 Å². The maximum absolute atomic E-state index is 11.9. The molecule has 0 aromatic carbocycles. The van der Waals surface area contributed by atoms with E-state index in [9.17, 15) is 19.5 Å². The van der Waals surface area contributed by atoms with Gasteiger partial charge in [0.1, 0.15) is 6.54 Å². The molecule has 0 aromatic heterocycles. The van der Waals surface area contributed by atoms with Crippen molar-refractivity contribution in [3.63, 3.8) is 0 Å². The molecule has 0 aliphatic rings. The Morgan fingerprint density at radius 1 is 1.28 bits per heavy atom. The summed E-state index contributed by atoms with van der Waals surface area (Å²) in [6, 6.07) is 0. The Bertz CT molecular complexity index is 369. The number of aliphatic hydroxyl groups is 1. The predicted octanol–water partition coefficient (Wildman–Crippen LogP) is -0.387. The summed E-state index contributed by atoms with van der Waals surface area (Å²) < 4.78 is 0.206. The third kappa shape index (κ3) is 5.70. The third-order valence-electron chi connectivity index (χ3n) is 2.26. The topological polar surface area (TPSA) is 91.7 Å². The van der Waals surface area contributed by atoms with Crippen LogP contribution in [0.5, 0.6) is 0 Å². The fourth-order valence-corrected chi connectivity index (χ4v) is 1.67. The molecule has 0 aliphatic heterocycles. The van der Waals surface area contributed by atoms with Gasteiger partial charge in [0.25, 0.3) is 0 Å². The van der Waals surface area contributed by atoms with Crippen molar-refractivity contribution in [3.05, 3.63) is 12.7 Å². The van der Waals surface area contributed by atoms with Crippen molar-refractivity contribution in [2.24, 2.45) is 0 Å². The van der Waals surface area contributed by atoms with E-state index < -0.39 is 36.0 Å². The van der Waals surface area contributed by atoms with Crippen molar-refractivity contribution >= 4 is 17.5 Å². The molecule has 0 radical (unpaired) electrons. The molecule has 102 valence electrons. The molecule has 0 saturated carbocycles. The average molecular weight is 258 g/mol. The monoisotopic (exact) mass is 258 g/mol. The second kappa shape index (κ2) is 5.88. The number of nitrogens with zero attached hydrogens (tertiary/aromatic N) is 1. The first kappa shape index (κ1) is 16.5. The Kier molecular flexibility index (Phi) is 5.38. The SMILES string of the molecule is C=CC(=O)CC(=O)C(O)(CC(=O)O)C[N+](C)(C)C. The van der Waals surface area contributed by atoms with E-state index in [1.165, 1.54) is 0 Å². The highest BCUT2D eigenvalue weighted by Crippen LogP contribution is 2.18. The minimum Gasteiger partial charge on any atom is -0.481 e. The Balaban J connectivity index is 5.08. The first-order valence-corrected chi connectivity index (χ1v) is 5.43. The zero-order valence-corrected chi connectivity index (χ0v) is 11.0. The maximum atomic E-state index is 11.9. The molecule has 0 aromatic rings. The van der Waals surface area contributed by atoms with Gasteiger partial charge in [0.05, 0.1) is 34.0 Å². The highest BCUT2D eigenvalue weighted by atomic mass is 16.4. The number of carbonyl (C=O) groups excluding carboxylic acids is 2. The molecule has 6 nitrogen and oxygen atoms in total. The van der Waals surface area contributed by atoms with Crippen LogP contribution in [0.3, 0.4) is 0 Å². The summed E-state index contributed by atoms with van der Waals surface area (Å²) >= 11 is 0. The highest BCUT2D eigenvalue weighted by Gasteiger charge is 2.43. The van der Waals surface area contributed by atoms with E-state index >= 15 is 0 Å². The van der Waals surface area contributed by atoms with Gasteiger partial charge >= 0.3 is 5.97 Å². The van der Waals surface area contributed by atoms with Crippen LogP contribution in [-0.4, -0.2) is 65.5 Å². The number of hydrogen-bond donors (Lipinski definition) is 2. The van der Waals surface area contributed by atoms with Crippen molar-refractivity contribution in [1.29, 1.82) is 0 Å². The smallest absolute Gasteiger partial charge is 0.306 e. The minimum absolute atomic E-state index is 0.0808. The Morgan fingerprint density at radius 2 is 1.78 bits per heavy atom. The van der Waals surface area contributed by atoms with Crippen LogP contribution in [0, 0.1) is 0 Å². The zero-order valence-electron chi connectivity index (χ0n) is 11.0. The van der Waals surface area contributed by atoms with Gasteiger partial charge < -0.3 is 14.7 Å². The summed E-state index contributed by atoms with van der Waals surface area (Å²) in [5.41, 5.74) is -2.04. The zero-order chi connectivity index (χ0) is 14.6. The lowest BCUT2D eigenvalue weighted by Crippen LogP contribution is -2.55. The van der Waals surface area contributed by atoms with E-state index in [0.29, 0.717) is 0 Å². The first-order chi connectivity index (χ1) is 8.00. The lowest BCUT2D eigenvalue weighted by atomic mass is 9.90. The molecule has 0 spiro atoms. The Labute approximate surface area is 106 Å². The van der Waals surface area contributed by atoms with Gasteiger partial charge in [-0.1, -0.05) is 6.58 Å². The second-order valence-electron chi connectivity index (χ2n) is 5.32. The maximum Gasteiger partial charge on any atom is 0.306 e. The van der Waals surface area contributed by atoms with Crippen LogP contribution >= 0.6 is 0 Å². The summed E-state index contributed by atoms with van der Waals surface area (Å²) in [6.07, 6.45) is -0.274. The molecule has 0 rings (SSSR count). The van der Waals surface area contributed by atoms with Gasteiger partial charge in [0, 0.05) is 0 Å². The molecular formula is C12H20NO5+. The van der Waals surface area contributed by atoms with Crippen LogP contribution < -0.4 is 0 Å². The number of hydrogen-bond acceptors (Lipinski definition) is 4. The summed E-state index contributed by atoms with van der Waals surface area (Å²) in [5.74, 6) is -2.61. The summed E-state index contributed by atoms with van der Waals surface area (Å²) in [7, 11) is 5.15. The van der Waals surface area contributed by atoms with E-state index in [2.05, 4.69) is 6.58 Å². The van der Waals surface area contributed by atoms with Gasteiger partial charge in [-0.2, -0.15) is 0 Å². The number of quaternary nitrogens is 1. The molecule has 0 bridgehead atoms. The number of rotatable bonds is 8. The van der Waals surface area contributed by atoms with Crippen LogP contribution in [0.4, 0.5) is 0 Å². The summed E-state index contributed by atoms with van der Waals surface area (Å²) in [4.78, 5) is 33.7. The largest absolute Gasteiger partial charge is 0.481 e. The number of ketones is 2. The third-order valence-corrected chi connectivity index (χ3v) is 2.26. The molecule has 0 saturated heterocycles. The van der Waals surface area contributed by atoms with E-state index in [1.54, 1.807) is 21.1 Å². The van der Waals surface area contributed by atoms with Crippen LogP contribution in [0.1, 0.15) is 12.8 Å². The van der Waals surface area contributed by atoms with Gasteiger partial charge in [-0.25, -0.2) is 0 Å². The second-order valence-corrected chi connectivity index (χ2v) is 5.32. The van der Waals surface area contributed by atoms with E-state index in [-0.39, 0.29) is 11.0 Å². The number of carboxylic acid groups (broad SMARTS) is 1. The normalized spacial score (nSPS) is 14.7. The molecule has 18 heavy (non-hydrogen) atoms. The lowest BCUT2D eigenvalue weighted by Gasteiger charge is -2.33. The van der Waals surface area contributed by atoms with Crippen LogP contribution in [0.25, 0.3) is 0 Å². The average Bonchev–Trinajstić information content (AvgIpc) is 2.12. The van der Waals surface area contributed by atoms with E-state index in [0.717, 1.165) is 6.08 Å². The number of allylic oxidation sites excluding steroid dienone is 1. The van der Waals surface area contributed by atoms with Crippen LogP contribution in [0.15, 0.2) is 12.7 Å². The minimum atomic E-state index is -2.04. The van der Waals surface area contributed by atoms with Crippen molar-refractivity contribution in [3.8, 4) is 0 Å². The predicted molar refractivity (Wildman–Crippen MR) is 64.9 cm³/mol. The standard InChI is InChI=1S/C12H19NO5/c1-5-9(14)6-10(15)12(18,7-11(16)17)8-13(2,3)4/h5,18H,1,6-8H2,2-4H3/p+1. The Morgan fingerprint density at radius 3 is 2.11 bits per heavy atom. The fraction of sp³-hybridized carbons (Fsp3) is 0.583. The van der Waals surface area contributed by atoms with Crippen molar-refractivity contribution in [2.75, 3.05) is 27.7 Å². The van der Waals surface area contributed by atoms with Gasteiger partial charge in [-0.15, -0.1) is 0 Å². The van der Waals surface area contributed by atoms with Gasteiger partial charge in [0.2, 0.25) is 0 Å². The van der Waals surface area contributed by atoms with Gasteiger partial charge in [0.15, 0.2) is 17.2 Å². The first-order valence-electron chi connectivity index (χ1n) is 5.43. The van der Waals surface area contributed by atoms with Crippen LogP contribution in [0.2, 0.25) is 0 Å². The summed E-state index contributed by atoms with van der Waals surface area (Å²) in [6.45, 7) is 3.15. The number of Topliss-reactive ketones (excluding diaryl/α,β-unsaturated/α-hetero) is 1. The Hall–Kier alpha value is -1.53. The van der Waals surface area contributed by atoms with E-state index in [4.69, 9.17) is 5.11 Å². The molecule has 6 heteroatoms. The molecule has 1 atom stereocenters. The van der Waals surface area contributed by atoms with E-state index in [1.807, 2.05) is 0 Å². The lowest BCUT2D eigenvalue weighted by molar-refractivity contribution is -0.875. The highest BCUT2D eigenvalue weighted by molar-refractivity contribution is 6.08. The van der Waals surface area contributed by atoms with Crippen molar-refractivity contribution in [1.82, 2.24) is 0 Å². The quantitative estimate of drug-likeness (QED) is 0.351. The number of carboxylic acids is 1. The van der Waals surface area contributed by atoms with Gasteiger partial charge in [-0.3, -0.25) is 14.4 Å². The number of likely N-dealkylation sites (N-methyl/N-ethyl adjacent to an activating group) is 1. The molecule has 1 unspecified atom stereocenters. The fourth-order valence-electron chi connectivity index (χ4n) is 1.67. The molecule has 0 fully saturated rings. The molecule has 2 N–H and O–H groups in total. The van der Waals surface area contributed by atoms with Crippen LogP contribution in [-0.2, 0) is 14.4 Å². The number of aliphatic carboxylic acids is 1. The molecule has 0 amide bonds. The molecule has 0 aliphatic carbocycles. The molecule has 0 heterocycles.